The van der Waals surface area contributed by atoms with Gasteiger partial charge in [0.1, 0.15) is 0 Å². The lowest BCUT2D eigenvalue weighted by Crippen LogP contribution is -2.04. The Balaban J connectivity index is 1.75. The second-order valence-corrected chi connectivity index (χ2v) is 6.17. The van der Waals surface area contributed by atoms with Crippen molar-refractivity contribution < 1.29 is 0 Å². The number of pyridine rings is 1. The molecule has 2 heterocycles. The van der Waals surface area contributed by atoms with Gasteiger partial charge in [-0.25, -0.2) is 0 Å². The Morgan fingerprint density at radius 2 is 1.57 bits per heavy atom. The van der Waals surface area contributed by atoms with Crippen LogP contribution < -0.4 is 0 Å². The number of hydrogen-bond donors (Lipinski definition) is 1. The van der Waals surface area contributed by atoms with Crippen LogP contribution in [0.15, 0.2) is 30.5 Å². The van der Waals surface area contributed by atoms with E-state index in [1.54, 1.807) is 6.20 Å². The van der Waals surface area contributed by atoms with Crippen molar-refractivity contribution in [2.45, 2.75) is 63.7 Å². The molecule has 112 valence electrons. The average Bonchev–Trinajstić information content (AvgIpc) is 3.07. The molecule has 0 saturated heterocycles. The molecular formula is C18H25N3. The number of aromatic amines is 1. The van der Waals surface area contributed by atoms with E-state index in [0.29, 0.717) is 5.92 Å². The molecule has 0 aromatic carbocycles. The van der Waals surface area contributed by atoms with Gasteiger partial charge >= 0.3 is 0 Å². The lowest BCUT2D eigenvalue weighted by Gasteiger charge is -2.18. The van der Waals surface area contributed by atoms with E-state index < -0.39 is 0 Å². The summed E-state index contributed by atoms with van der Waals surface area (Å²) in [5, 5.41) is 7.04. The summed E-state index contributed by atoms with van der Waals surface area (Å²) in [7, 11) is 0. The first-order chi connectivity index (χ1) is 10.4. The number of nitrogens with one attached hydrogen (secondary N) is 1. The smallest absolute Gasteiger partial charge is 0.0883 e. The summed E-state index contributed by atoms with van der Waals surface area (Å²) in [4.78, 5) is 4.89. The van der Waals surface area contributed by atoms with E-state index in [1.807, 2.05) is 6.07 Å². The van der Waals surface area contributed by atoms with E-state index in [4.69, 9.17) is 4.98 Å². The summed E-state index contributed by atoms with van der Waals surface area (Å²) in [5.41, 5.74) is 3.29. The standard InChI is InChI=1S/C18H25N3/c1-2-4-6-9-15(10-7-5-3-1)16-11-8-12-17(20-16)18-13-14-19-21-18/h8,11-15H,1-7,9-10H2,(H,19,21). The topological polar surface area (TPSA) is 41.6 Å². The monoisotopic (exact) mass is 283 g/mol. The number of nitrogens with zero attached hydrogens (tertiary/aromatic N) is 2. The van der Waals surface area contributed by atoms with Gasteiger partial charge in [0.15, 0.2) is 0 Å². The van der Waals surface area contributed by atoms with E-state index in [1.165, 1.54) is 63.5 Å². The van der Waals surface area contributed by atoms with Gasteiger partial charge in [-0.05, 0) is 31.0 Å². The lowest BCUT2D eigenvalue weighted by molar-refractivity contribution is 0.457. The normalized spacial score (nSPS) is 18.5. The molecule has 1 fully saturated rings. The summed E-state index contributed by atoms with van der Waals surface area (Å²) >= 11 is 0. The summed E-state index contributed by atoms with van der Waals surface area (Å²) in [5.74, 6) is 0.631. The SMILES string of the molecule is c1cc(-c2ccn[nH]2)nc(C2CCCCCCCCC2)c1. The van der Waals surface area contributed by atoms with Crippen LogP contribution in [0.2, 0.25) is 0 Å². The molecule has 0 spiro atoms. The van der Waals surface area contributed by atoms with Crippen molar-refractivity contribution in [2.24, 2.45) is 0 Å². The molecule has 0 radical (unpaired) electrons. The Bertz CT molecular complexity index is 523. The zero-order valence-electron chi connectivity index (χ0n) is 12.7. The van der Waals surface area contributed by atoms with Gasteiger partial charge in [-0.2, -0.15) is 5.10 Å². The predicted octanol–water partition coefficient (Wildman–Crippen LogP) is 5.08. The molecule has 21 heavy (non-hydrogen) atoms. The molecule has 3 nitrogen and oxygen atoms in total. The van der Waals surface area contributed by atoms with Gasteiger partial charge in [-0.15, -0.1) is 0 Å². The second-order valence-electron chi connectivity index (χ2n) is 6.17. The molecule has 0 bridgehead atoms. The third-order valence-electron chi connectivity index (χ3n) is 4.57. The van der Waals surface area contributed by atoms with Gasteiger partial charge in [-0.3, -0.25) is 10.1 Å². The number of aromatic nitrogens is 3. The molecule has 0 atom stereocenters. The van der Waals surface area contributed by atoms with Crippen molar-refractivity contribution in [1.82, 2.24) is 15.2 Å². The first-order valence-electron chi connectivity index (χ1n) is 8.40. The Morgan fingerprint density at radius 3 is 2.24 bits per heavy atom. The van der Waals surface area contributed by atoms with E-state index in [-0.39, 0.29) is 0 Å². The van der Waals surface area contributed by atoms with Gasteiger partial charge in [0, 0.05) is 17.8 Å². The molecule has 0 aliphatic heterocycles. The second kappa shape index (κ2) is 7.39. The van der Waals surface area contributed by atoms with Crippen LogP contribution in [-0.4, -0.2) is 15.2 Å². The zero-order valence-corrected chi connectivity index (χ0v) is 12.7. The summed E-state index contributed by atoms with van der Waals surface area (Å²) in [6, 6.07) is 8.39. The Labute approximate surface area is 127 Å². The highest BCUT2D eigenvalue weighted by atomic mass is 15.1. The first-order valence-corrected chi connectivity index (χ1v) is 8.40. The van der Waals surface area contributed by atoms with E-state index >= 15 is 0 Å². The molecule has 0 amide bonds. The Kier molecular flexibility index (Phi) is 5.03. The number of hydrogen-bond acceptors (Lipinski definition) is 2. The van der Waals surface area contributed by atoms with Crippen LogP contribution in [-0.2, 0) is 0 Å². The maximum atomic E-state index is 4.89. The quantitative estimate of drug-likeness (QED) is 0.835. The van der Waals surface area contributed by atoms with Crippen LogP contribution >= 0.6 is 0 Å². The van der Waals surface area contributed by atoms with Crippen molar-refractivity contribution in [3.05, 3.63) is 36.2 Å². The van der Waals surface area contributed by atoms with E-state index in [0.717, 1.165) is 11.4 Å². The van der Waals surface area contributed by atoms with Crippen LogP contribution in [0.25, 0.3) is 11.4 Å². The maximum Gasteiger partial charge on any atom is 0.0883 e. The van der Waals surface area contributed by atoms with Crippen LogP contribution in [0.1, 0.15) is 69.4 Å². The Morgan fingerprint density at radius 1 is 0.857 bits per heavy atom. The fraction of sp³-hybridized carbons (Fsp3) is 0.556. The van der Waals surface area contributed by atoms with Crippen molar-refractivity contribution in [3.63, 3.8) is 0 Å². The van der Waals surface area contributed by atoms with Crippen LogP contribution in [0, 0.1) is 0 Å². The minimum absolute atomic E-state index is 0.631. The summed E-state index contributed by atoms with van der Waals surface area (Å²) < 4.78 is 0. The minimum Gasteiger partial charge on any atom is -0.276 e. The maximum absolute atomic E-state index is 4.89. The summed E-state index contributed by atoms with van der Waals surface area (Å²) in [6.45, 7) is 0. The zero-order chi connectivity index (χ0) is 14.3. The fourth-order valence-corrected chi connectivity index (χ4v) is 3.33. The molecule has 2 aromatic rings. The van der Waals surface area contributed by atoms with Crippen LogP contribution in [0.5, 0.6) is 0 Å². The molecule has 3 heteroatoms. The third kappa shape index (κ3) is 3.93. The minimum atomic E-state index is 0.631. The largest absolute Gasteiger partial charge is 0.276 e. The highest BCUT2D eigenvalue weighted by Gasteiger charge is 2.14. The predicted molar refractivity (Wildman–Crippen MR) is 86.1 cm³/mol. The van der Waals surface area contributed by atoms with Crippen LogP contribution in [0.3, 0.4) is 0 Å². The van der Waals surface area contributed by atoms with Crippen molar-refractivity contribution >= 4 is 0 Å². The molecule has 2 aromatic heterocycles. The lowest BCUT2D eigenvalue weighted by atomic mass is 9.89. The number of H-pyrrole nitrogens is 1. The highest BCUT2D eigenvalue weighted by molar-refractivity contribution is 5.53. The molecular weight excluding hydrogens is 258 g/mol. The van der Waals surface area contributed by atoms with E-state index in [2.05, 4.69) is 28.4 Å². The average molecular weight is 283 g/mol. The molecule has 1 aliphatic rings. The van der Waals surface area contributed by atoms with Gasteiger partial charge in [0.2, 0.25) is 0 Å². The van der Waals surface area contributed by atoms with Crippen molar-refractivity contribution in [2.75, 3.05) is 0 Å². The number of rotatable bonds is 2. The molecule has 1 saturated carbocycles. The molecule has 1 aliphatic carbocycles. The molecule has 1 N–H and O–H groups in total. The van der Waals surface area contributed by atoms with Crippen LogP contribution in [0.4, 0.5) is 0 Å². The van der Waals surface area contributed by atoms with Crippen molar-refractivity contribution in [1.29, 1.82) is 0 Å². The van der Waals surface area contributed by atoms with Gasteiger partial charge < -0.3 is 0 Å². The molecule has 0 unspecified atom stereocenters. The third-order valence-corrected chi connectivity index (χ3v) is 4.57. The van der Waals surface area contributed by atoms with Gasteiger partial charge in [0.25, 0.3) is 0 Å². The fourth-order valence-electron chi connectivity index (χ4n) is 3.33. The Hall–Kier alpha value is -1.64. The highest BCUT2D eigenvalue weighted by Crippen LogP contribution is 2.30. The first kappa shape index (κ1) is 14.3. The van der Waals surface area contributed by atoms with Gasteiger partial charge in [-0.1, -0.05) is 51.0 Å². The van der Waals surface area contributed by atoms with E-state index in [9.17, 15) is 0 Å². The summed E-state index contributed by atoms with van der Waals surface area (Å²) in [6.07, 6.45) is 14.1. The van der Waals surface area contributed by atoms with Gasteiger partial charge in [0.05, 0.1) is 11.4 Å². The molecule has 3 rings (SSSR count). The van der Waals surface area contributed by atoms with Crippen molar-refractivity contribution in [3.8, 4) is 11.4 Å².